The van der Waals surface area contributed by atoms with E-state index in [1.54, 1.807) is 6.92 Å². The number of anilines is 1. The van der Waals surface area contributed by atoms with E-state index in [-0.39, 0.29) is 0 Å². The van der Waals surface area contributed by atoms with E-state index in [4.69, 9.17) is 11.6 Å². The summed E-state index contributed by atoms with van der Waals surface area (Å²) >= 11 is 5.47. The molecule has 0 aromatic heterocycles. The molecule has 15 heavy (non-hydrogen) atoms. The summed E-state index contributed by atoms with van der Waals surface area (Å²) < 4.78 is 0. The molecule has 1 aromatic rings. The fourth-order valence-electron chi connectivity index (χ4n) is 1.04. The van der Waals surface area contributed by atoms with Gasteiger partial charge < -0.3 is 5.32 Å². The van der Waals surface area contributed by atoms with Crippen LogP contribution >= 0.6 is 11.6 Å². The standard InChI is InChI=1S/C10H11ClN2O2/c1-7-3-5-9(6-4-7)12-8(2)10(11)13(14)15/h3-6,12H,1-2H3. The number of nitrogens with zero attached hydrogens (tertiary/aromatic N) is 1. The Morgan fingerprint density at radius 3 is 2.40 bits per heavy atom. The van der Waals surface area contributed by atoms with Crippen molar-refractivity contribution >= 4 is 17.3 Å². The average molecular weight is 227 g/mol. The van der Waals surface area contributed by atoms with Gasteiger partial charge in [-0.05, 0) is 37.6 Å². The van der Waals surface area contributed by atoms with Crippen LogP contribution in [0.15, 0.2) is 35.1 Å². The van der Waals surface area contributed by atoms with Crippen molar-refractivity contribution in [2.75, 3.05) is 5.32 Å². The van der Waals surface area contributed by atoms with E-state index >= 15 is 0 Å². The molecule has 0 saturated carbocycles. The van der Waals surface area contributed by atoms with Gasteiger partial charge in [0.1, 0.15) is 5.70 Å². The zero-order chi connectivity index (χ0) is 11.4. The summed E-state index contributed by atoms with van der Waals surface area (Å²) in [4.78, 5) is 9.73. The molecule has 0 unspecified atom stereocenters. The number of hydrogen-bond acceptors (Lipinski definition) is 3. The fraction of sp³-hybridized carbons (Fsp3) is 0.200. The van der Waals surface area contributed by atoms with Gasteiger partial charge in [-0.2, -0.15) is 0 Å². The molecule has 0 aliphatic heterocycles. The van der Waals surface area contributed by atoms with Gasteiger partial charge in [0.2, 0.25) is 0 Å². The van der Waals surface area contributed by atoms with Gasteiger partial charge in [0.25, 0.3) is 0 Å². The summed E-state index contributed by atoms with van der Waals surface area (Å²) in [7, 11) is 0. The van der Waals surface area contributed by atoms with Crippen molar-refractivity contribution in [2.45, 2.75) is 13.8 Å². The van der Waals surface area contributed by atoms with Gasteiger partial charge >= 0.3 is 5.16 Å². The third kappa shape index (κ3) is 3.25. The van der Waals surface area contributed by atoms with Crippen LogP contribution < -0.4 is 5.32 Å². The molecule has 0 heterocycles. The van der Waals surface area contributed by atoms with Crippen molar-refractivity contribution in [3.63, 3.8) is 0 Å². The summed E-state index contributed by atoms with van der Waals surface area (Å²) in [6.07, 6.45) is 0. The van der Waals surface area contributed by atoms with Crippen molar-refractivity contribution in [1.82, 2.24) is 0 Å². The Balaban J connectivity index is 2.83. The van der Waals surface area contributed by atoms with E-state index in [0.717, 1.165) is 11.3 Å². The topological polar surface area (TPSA) is 55.2 Å². The lowest BCUT2D eigenvalue weighted by atomic mass is 10.2. The molecule has 0 aliphatic carbocycles. The third-order valence-electron chi connectivity index (χ3n) is 1.85. The van der Waals surface area contributed by atoms with Crippen LogP contribution in [0.25, 0.3) is 0 Å². The maximum absolute atomic E-state index is 10.4. The minimum atomic E-state index is -0.627. The molecule has 0 bridgehead atoms. The van der Waals surface area contributed by atoms with Crippen molar-refractivity contribution < 1.29 is 4.92 Å². The smallest absolute Gasteiger partial charge is 0.353 e. The largest absolute Gasteiger partial charge is 0.356 e. The predicted octanol–water partition coefficient (Wildman–Crippen LogP) is 3.11. The van der Waals surface area contributed by atoms with Crippen molar-refractivity contribution in [2.24, 2.45) is 0 Å². The number of halogens is 1. The molecule has 1 rings (SSSR count). The number of rotatable bonds is 3. The molecule has 1 aromatic carbocycles. The van der Waals surface area contributed by atoms with Gasteiger partial charge in [-0.15, -0.1) is 0 Å². The molecular weight excluding hydrogens is 216 g/mol. The van der Waals surface area contributed by atoms with Crippen LogP contribution in [0.3, 0.4) is 0 Å². The molecular formula is C10H11ClN2O2. The van der Waals surface area contributed by atoms with E-state index in [2.05, 4.69) is 5.32 Å². The maximum atomic E-state index is 10.4. The number of aryl methyl sites for hydroxylation is 1. The van der Waals surface area contributed by atoms with Gasteiger partial charge in [0.05, 0.1) is 4.92 Å². The zero-order valence-corrected chi connectivity index (χ0v) is 9.21. The maximum Gasteiger partial charge on any atom is 0.356 e. The summed E-state index contributed by atoms with van der Waals surface area (Å²) in [6.45, 7) is 3.53. The lowest BCUT2D eigenvalue weighted by Crippen LogP contribution is -2.03. The summed E-state index contributed by atoms with van der Waals surface area (Å²) in [5.74, 6) is 0. The second kappa shape index (κ2) is 4.79. The highest BCUT2D eigenvalue weighted by Gasteiger charge is 2.11. The molecule has 80 valence electrons. The monoisotopic (exact) mass is 226 g/mol. The Morgan fingerprint density at radius 2 is 1.93 bits per heavy atom. The molecule has 0 fully saturated rings. The van der Waals surface area contributed by atoms with Crippen molar-refractivity contribution in [1.29, 1.82) is 0 Å². The number of nitro groups is 1. The van der Waals surface area contributed by atoms with Crippen LogP contribution in [-0.2, 0) is 0 Å². The summed E-state index contributed by atoms with van der Waals surface area (Å²) in [6, 6.07) is 7.50. The quantitative estimate of drug-likeness (QED) is 0.490. The van der Waals surface area contributed by atoms with Gasteiger partial charge in [-0.3, -0.25) is 10.1 Å². The second-order valence-corrected chi connectivity index (χ2v) is 3.52. The number of hydrogen-bond donors (Lipinski definition) is 1. The van der Waals surface area contributed by atoms with E-state index < -0.39 is 10.1 Å². The summed E-state index contributed by atoms with van der Waals surface area (Å²) in [5.41, 5.74) is 2.23. The first-order valence-electron chi connectivity index (χ1n) is 4.35. The Kier molecular flexibility index (Phi) is 3.68. The van der Waals surface area contributed by atoms with Gasteiger partial charge in [0.15, 0.2) is 0 Å². The lowest BCUT2D eigenvalue weighted by Gasteiger charge is -2.05. The van der Waals surface area contributed by atoms with E-state index in [1.165, 1.54) is 0 Å². The molecule has 4 nitrogen and oxygen atoms in total. The van der Waals surface area contributed by atoms with E-state index in [9.17, 15) is 10.1 Å². The van der Waals surface area contributed by atoms with Crippen LogP contribution in [0.2, 0.25) is 0 Å². The molecule has 0 aliphatic rings. The van der Waals surface area contributed by atoms with Gasteiger partial charge in [0, 0.05) is 5.69 Å². The molecule has 0 saturated heterocycles. The fourth-order valence-corrected chi connectivity index (χ4v) is 1.09. The number of allylic oxidation sites excluding steroid dienone is 1. The SMILES string of the molecule is CC(Nc1ccc(C)cc1)=C(Cl)[N+](=O)[O-]. The summed E-state index contributed by atoms with van der Waals surface area (Å²) in [5, 5.41) is 12.8. The Bertz CT molecular complexity index is 398. The van der Waals surface area contributed by atoms with E-state index in [1.807, 2.05) is 31.2 Å². The zero-order valence-electron chi connectivity index (χ0n) is 8.45. The molecule has 0 amide bonds. The Morgan fingerprint density at radius 1 is 1.40 bits per heavy atom. The highest BCUT2D eigenvalue weighted by atomic mass is 35.5. The Labute approximate surface area is 92.7 Å². The first-order chi connectivity index (χ1) is 7.00. The van der Waals surface area contributed by atoms with Crippen molar-refractivity contribution in [3.8, 4) is 0 Å². The first kappa shape index (κ1) is 11.5. The highest BCUT2D eigenvalue weighted by Crippen LogP contribution is 2.15. The molecule has 0 spiro atoms. The third-order valence-corrected chi connectivity index (χ3v) is 2.27. The van der Waals surface area contributed by atoms with E-state index in [0.29, 0.717) is 5.70 Å². The molecule has 5 heteroatoms. The van der Waals surface area contributed by atoms with Crippen LogP contribution in [0.4, 0.5) is 5.69 Å². The van der Waals surface area contributed by atoms with Crippen LogP contribution in [0.5, 0.6) is 0 Å². The van der Waals surface area contributed by atoms with Gasteiger partial charge in [-0.1, -0.05) is 17.7 Å². The molecule has 0 atom stereocenters. The van der Waals surface area contributed by atoms with Crippen molar-refractivity contribution in [3.05, 3.63) is 50.8 Å². The predicted molar refractivity (Wildman–Crippen MR) is 60.3 cm³/mol. The number of benzene rings is 1. The minimum Gasteiger partial charge on any atom is -0.353 e. The van der Waals surface area contributed by atoms with Crippen LogP contribution in [0, 0.1) is 17.0 Å². The van der Waals surface area contributed by atoms with Crippen LogP contribution in [0.1, 0.15) is 12.5 Å². The van der Waals surface area contributed by atoms with Crippen LogP contribution in [-0.4, -0.2) is 4.92 Å². The average Bonchev–Trinajstić information content (AvgIpc) is 2.20. The molecule has 0 radical (unpaired) electrons. The number of nitrogens with one attached hydrogen (secondary N) is 1. The van der Waals surface area contributed by atoms with Gasteiger partial charge in [-0.25, -0.2) is 0 Å². The Hall–Kier alpha value is -1.55. The lowest BCUT2D eigenvalue weighted by molar-refractivity contribution is -0.413. The molecule has 1 N–H and O–H groups in total. The first-order valence-corrected chi connectivity index (χ1v) is 4.73. The second-order valence-electron chi connectivity index (χ2n) is 3.16. The normalized spacial score (nSPS) is 11.9. The highest BCUT2D eigenvalue weighted by molar-refractivity contribution is 6.28. The minimum absolute atomic E-state index is 0.325.